The van der Waals surface area contributed by atoms with Crippen LogP contribution in [-0.4, -0.2) is 48.4 Å². The summed E-state index contributed by atoms with van der Waals surface area (Å²) >= 11 is -1.02. The number of nitrogens with one attached hydrogen (secondary N) is 1. The number of hydrogen-bond donors (Lipinski definition) is 2. The maximum absolute atomic E-state index is 14.4. The predicted molar refractivity (Wildman–Crippen MR) is 94.1 cm³/mol. The monoisotopic (exact) mass is 495 g/mol. The fourth-order valence-electron chi connectivity index (χ4n) is 3.21. The van der Waals surface area contributed by atoms with Crippen molar-refractivity contribution in [3.63, 3.8) is 0 Å². The first kappa shape index (κ1) is 20.3. The molecular formula is C18H20F4IN4-. The van der Waals surface area contributed by atoms with E-state index in [-0.39, 0.29) is 5.69 Å². The molecule has 1 aromatic heterocycles. The summed E-state index contributed by atoms with van der Waals surface area (Å²) in [4.78, 5) is 6.01. The van der Waals surface area contributed by atoms with E-state index in [0.29, 0.717) is 33.1 Å². The van der Waals surface area contributed by atoms with Crippen molar-refractivity contribution in [2.75, 3.05) is 25.5 Å². The Morgan fingerprint density at radius 2 is 2.11 bits per heavy atom. The number of hydrogen-bond acceptors (Lipinski definition) is 4. The summed E-state index contributed by atoms with van der Waals surface area (Å²) in [5.74, 6) is 0. The van der Waals surface area contributed by atoms with Gasteiger partial charge in [0.2, 0.25) is 0 Å². The first-order chi connectivity index (χ1) is 12.7. The number of nitrogens with zero attached hydrogens (tertiary/aromatic N) is 2. The van der Waals surface area contributed by atoms with Gasteiger partial charge in [0, 0.05) is 0 Å². The summed E-state index contributed by atoms with van der Waals surface area (Å²) in [7, 11) is 1.86. The number of benzene rings is 1. The van der Waals surface area contributed by atoms with Crippen LogP contribution in [0.1, 0.15) is 12.1 Å². The van der Waals surface area contributed by atoms with E-state index in [1.807, 2.05) is 11.9 Å². The molecule has 0 saturated carbocycles. The van der Waals surface area contributed by atoms with E-state index in [2.05, 4.69) is 16.9 Å². The van der Waals surface area contributed by atoms with Crippen LogP contribution in [0.2, 0.25) is 0 Å². The molecule has 1 fully saturated rings. The minimum atomic E-state index is -4.59. The molecule has 2 atom stereocenters. The Hall–Kier alpha value is -1.46. The van der Waals surface area contributed by atoms with Gasteiger partial charge in [0.1, 0.15) is 0 Å². The second-order valence-corrected chi connectivity index (χ2v) is 8.33. The molecule has 3 N–H and O–H groups in total. The van der Waals surface area contributed by atoms with Gasteiger partial charge in [-0.15, -0.1) is 0 Å². The van der Waals surface area contributed by atoms with Gasteiger partial charge in [-0.05, 0) is 0 Å². The Bertz CT molecular complexity index is 855. The van der Waals surface area contributed by atoms with Crippen LogP contribution < -0.4 is 30.7 Å². The molecule has 27 heavy (non-hydrogen) atoms. The number of allylic oxidation sites excluding steroid dienone is 1. The van der Waals surface area contributed by atoms with Crippen molar-refractivity contribution in [3.05, 3.63) is 40.2 Å². The van der Waals surface area contributed by atoms with E-state index >= 15 is 0 Å². The van der Waals surface area contributed by atoms with E-state index in [0.717, 1.165) is 6.54 Å². The number of likely N-dealkylation sites (tertiary alicyclic amines) is 1. The summed E-state index contributed by atoms with van der Waals surface area (Å²) in [6.45, 7) is 4.25. The average Bonchev–Trinajstić information content (AvgIpc) is 2.62. The zero-order chi connectivity index (χ0) is 19.8. The Morgan fingerprint density at radius 1 is 1.37 bits per heavy atom. The average molecular weight is 495 g/mol. The number of nitrogens with two attached hydrogens (primary N) is 1. The third-order valence-electron chi connectivity index (χ3n) is 4.67. The van der Waals surface area contributed by atoms with E-state index in [9.17, 15) is 17.6 Å². The van der Waals surface area contributed by atoms with Crippen molar-refractivity contribution < 1.29 is 39.0 Å². The Labute approximate surface area is 165 Å². The second-order valence-electron chi connectivity index (χ2n) is 6.60. The van der Waals surface area contributed by atoms with Crippen molar-refractivity contribution in [1.82, 2.24) is 9.88 Å². The molecule has 0 aliphatic carbocycles. The number of pyridine rings is 1. The van der Waals surface area contributed by atoms with E-state index in [1.165, 1.54) is 0 Å². The molecule has 148 valence electrons. The summed E-state index contributed by atoms with van der Waals surface area (Å²) in [6, 6.07) is 6.25. The van der Waals surface area contributed by atoms with Crippen molar-refractivity contribution in [2.45, 2.75) is 24.8 Å². The maximum atomic E-state index is 14.4. The summed E-state index contributed by atoms with van der Waals surface area (Å²) in [6.07, 6.45) is -5.04. The molecule has 1 aliphatic rings. The molecule has 1 aromatic carbocycles. The van der Waals surface area contributed by atoms with E-state index in [1.54, 1.807) is 24.3 Å². The second kappa shape index (κ2) is 7.88. The fourth-order valence-corrected chi connectivity index (χ4v) is 4.08. The Balaban J connectivity index is 2.06. The first-order valence-electron chi connectivity index (χ1n) is 8.33. The van der Waals surface area contributed by atoms with Gasteiger partial charge in [0.05, 0.1) is 0 Å². The molecule has 2 aromatic rings. The van der Waals surface area contributed by atoms with Crippen molar-refractivity contribution in [1.29, 1.82) is 0 Å². The van der Waals surface area contributed by atoms with Crippen LogP contribution in [0, 0.1) is 3.70 Å². The molecular weight excluding hydrogens is 475 g/mol. The Kier molecular flexibility index (Phi) is 5.92. The molecule has 9 heteroatoms. The number of piperidine rings is 1. The van der Waals surface area contributed by atoms with Gasteiger partial charge < -0.3 is 0 Å². The van der Waals surface area contributed by atoms with Crippen LogP contribution in [0.25, 0.3) is 16.3 Å². The van der Waals surface area contributed by atoms with Crippen LogP contribution in [-0.2, 0) is 0 Å². The van der Waals surface area contributed by atoms with Crippen molar-refractivity contribution in [2.24, 2.45) is 3.95 Å². The first-order valence-corrected chi connectivity index (χ1v) is 10.7. The van der Waals surface area contributed by atoms with Gasteiger partial charge in [-0.25, -0.2) is 0 Å². The number of rotatable bonds is 4. The van der Waals surface area contributed by atoms with Crippen LogP contribution in [0.5, 0.6) is 0 Å². The van der Waals surface area contributed by atoms with Crippen LogP contribution in [0.15, 0.2) is 30.8 Å². The number of alkyl halides is 4. The standard InChI is InChI=1S/C18H20F4IN4/c1-10(18(20,21)22)17-11-4-3-5-14(12(11)8-16(23-24)26-17)25-15-6-7-27(2)9-13(15)19/h3-5,8,13,15,25H,1,6-7,9,24H2,2H3/q-1/t13-,15+/m0/s1. The van der Waals surface area contributed by atoms with Gasteiger partial charge in [0.25, 0.3) is 0 Å². The third kappa shape index (κ3) is 4.35. The van der Waals surface area contributed by atoms with Gasteiger partial charge in [-0.2, -0.15) is 0 Å². The predicted octanol–water partition coefficient (Wildman–Crippen LogP) is 0.397. The summed E-state index contributed by atoms with van der Waals surface area (Å²) in [5, 5.41) is 4.06. The van der Waals surface area contributed by atoms with Gasteiger partial charge in [0.15, 0.2) is 0 Å². The summed E-state index contributed by atoms with van der Waals surface area (Å²) < 4.78 is 60.3. The molecule has 2 heterocycles. The zero-order valence-corrected chi connectivity index (χ0v) is 16.8. The van der Waals surface area contributed by atoms with Crippen LogP contribution >= 0.6 is 0 Å². The molecule has 0 bridgehead atoms. The third-order valence-corrected chi connectivity index (χ3v) is 5.86. The Morgan fingerprint density at radius 3 is 2.74 bits per heavy atom. The van der Waals surface area contributed by atoms with Gasteiger partial charge in [-0.1, -0.05) is 0 Å². The summed E-state index contributed by atoms with van der Waals surface area (Å²) in [5.41, 5.74) is -0.641. The molecule has 4 nitrogen and oxygen atoms in total. The van der Waals surface area contributed by atoms with E-state index in [4.69, 9.17) is 3.95 Å². The molecule has 1 aliphatic heterocycles. The molecule has 0 spiro atoms. The topological polar surface area (TPSA) is 54.2 Å². The molecule has 3 rings (SSSR count). The molecule has 1 saturated heterocycles. The van der Waals surface area contributed by atoms with Crippen LogP contribution in [0.3, 0.4) is 0 Å². The van der Waals surface area contributed by atoms with Crippen molar-refractivity contribution >= 4 is 22.0 Å². The fraction of sp³-hybridized carbons (Fsp3) is 0.389. The van der Waals surface area contributed by atoms with Crippen LogP contribution in [0.4, 0.5) is 23.2 Å². The molecule has 0 amide bonds. The number of fused-ring (bicyclic) bond motifs is 1. The molecule has 0 radical (unpaired) electrons. The van der Waals surface area contributed by atoms with Gasteiger partial charge >= 0.3 is 165 Å². The SMILES string of the molecule is C=C(c1nc([I-]N)cc2c(N[C@@H]3CCN(C)C[C@@H]3F)cccc12)C(F)(F)F. The number of halogens is 5. The van der Waals surface area contributed by atoms with Gasteiger partial charge in [-0.3, -0.25) is 0 Å². The normalized spacial score (nSPS) is 21.6. The van der Waals surface area contributed by atoms with E-state index < -0.39 is 45.4 Å². The minimum absolute atomic E-state index is 0.219. The number of aromatic nitrogens is 1. The number of anilines is 1. The quantitative estimate of drug-likeness (QED) is 0.279. The molecule has 0 unspecified atom stereocenters. The van der Waals surface area contributed by atoms with Crippen molar-refractivity contribution in [3.8, 4) is 0 Å². The zero-order valence-electron chi connectivity index (χ0n) is 14.7.